The van der Waals surface area contributed by atoms with Crippen molar-refractivity contribution in [2.45, 2.75) is 31.1 Å². The van der Waals surface area contributed by atoms with E-state index < -0.39 is 5.41 Å². The van der Waals surface area contributed by atoms with Gasteiger partial charge in [-0.05, 0) is 115 Å². The molecule has 3 aliphatic rings. The number of fused-ring (bicyclic) bond motifs is 13. The predicted octanol–water partition coefficient (Wildman–Crippen LogP) is 13.4. The van der Waals surface area contributed by atoms with E-state index in [1.54, 1.807) is 0 Å². The fraction of sp³-hybridized carbons (Fsp3) is 0.0943. The molecular weight excluding hydrogens is 651 g/mol. The number of para-hydroxylation sites is 1. The Morgan fingerprint density at radius 1 is 0.370 bits per heavy atom. The van der Waals surface area contributed by atoms with Gasteiger partial charge in [0.25, 0.3) is 0 Å². The summed E-state index contributed by atoms with van der Waals surface area (Å²) in [5, 5.41) is 0. The Kier molecular flexibility index (Phi) is 6.64. The minimum Gasteiger partial charge on any atom is -0.310 e. The smallest absolute Gasteiger partial charge is 0.0726 e. The van der Waals surface area contributed by atoms with E-state index in [1.807, 2.05) is 0 Å². The first-order chi connectivity index (χ1) is 26.5. The fourth-order valence-corrected chi connectivity index (χ4v) is 10.2. The molecule has 0 amide bonds. The molecule has 0 bridgehead atoms. The summed E-state index contributed by atoms with van der Waals surface area (Å²) >= 11 is 0. The molecular formula is C53H39N. The highest BCUT2D eigenvalue weighted by molar-refractivity contribution is 5.96. The standard InChI is InChI=1S/C53H39N/c1-52(2)45-23-11-7-19-39(45)43-30-28-37(33-49(43)52)54(51-27-15-6-18-36(51)32-35-16-4-3-5-17-35)38-29-31-44-42-22-10-14-26-48(42)53(50(44)34-38)46-24-12-8-20-40(46)41-21-9-13-25-47(41)53/h3-31,33-34H,32H2,1-2H3. The molecule has 8 aromatic carbocycles. The van der Waals surface area contributed by atoms with E-state index in [0.717, 1.165) is 12.1 Å². The average Bonchev–Trinajstić information content (AvgIpc) is 3.78. The Morgan fingerprint density at radius 3 is 1.39 bits per heavy atom. The zero-order valence-corrected chi connectivity index (χ0v) is 30.6. The molecule has 0 aliphatic heterocycles. The van der Waals surface area contributed by atoms with E-state index in [2.05, 4.69) is 207 Å². The molecule has 3 aliphatic carbocycles. The Balaban J connectivity index is 1.17. The van der Waals surface area contributed by atoms with Gasteiger partial charge in [0.2, 0.25) is 0 Å². The van der Waals surface area contributed by atoms with Gasteiger partial charge in [-0.1, -0.05) is 172 Å². The zero-order valence-electron chi connectivity index (χ0n) is 30.6. The van der Waals surface area contributed by atoms with Gasteiger partial charge >= 0.3 is 0 Å². The summed E-state index contributed by atoms with van der Waals surface area (Å²) in [5.41, 5.74) is 21.8. The number of benzene rings is 8. The molecule has 0 N–H and O–H groups in total. The maximum atomic E-state index is 2.53. The Bertz CT molecular complexity index is 2720. The van der Waals surface area contributed by atoms with E-state index >= 15 is 0 Å². The maximum Gasteiger partial charge on any atom is 0.0726 e. The van der Waals surface area contributed by atoms with Crippen LogP contribution in [-0.2, 0) is 17.3 Å². The first-order valence-electron chi connectivity index (χ1n) is 19.2. The highest BCUT2D eigenvalue weighted by Gasteiger charge is 2.51. The minimum atomic E-state index is -0.411. The van der Waals surface area contributed by atoms with E-state index in [4.69, 9.17) is 0 Å². The molecule has 0 saturated heterocycles. The molecule has 256 valence electrons. The number of anilines is 3. The third-order valence-electron chi connectivity index (χ3n) is 12.5. The van der Waals surface area contributed by atoms with Gasteiger partial charge in [0, 0.05) is 22.5 Å². The Hall–Kier alpha value is -6.44. The van der Waals surface area contributed by atoms with Gasteiger partial charge in [0.1, 0.15) is 0 Å². The fourth-order valence-electron chi connectivity index (χ4n) is 10.2. The van der Waals surface area contributed by atoms with Crippen LogP contribution >= 0.6 is 0 Å². The average molecular weight is 690 g/mol. The third-order valence-corrected chi connectivity index (χ3v) is 12.5. The monoisotopic (exact) mass is 689 g/mol. The first-order valence-corrected chi connectivity index (χ1v) is 19.2. The van der Waals surface area contributed by atoms with Crippen LogP contribution in [0.4, 0.5) is 17.1 Å². The molecule has 11 rings (SSSR count). The summed E-state index contributed by atoms with van der Waals surface area (Å²) in [5.74, 6) is 0. The number of nitrogens with zero attached hydrogens (tertiary/aromatic N) is 1. The minimum absolute atomic E-state index is 0.113. The van der Waals surface area contributed by atoms with Crippen LogP contribution < -0.4 is 4.90 Å². The lowest BCUT2D eigenvalue weighted by molar-refractivity contribution is 0.660. The number of hydrogen-bond donors (Lipinski definition) is 0. The van der Waals surface area contributed by atoms with Gasteiger partial charge in [0.05, 0.1) is 5.41 Å². The molecule has 0 heterocycles. The van der Waals surface area contributed by atoms with Crippen molar-refractivity contribution in [3.8, 4) is 33.4 Å². The second-order valence-corrected chi connectivity index (χ2v) is 15.6. The maximum absolute atomic E-state index is 2.53. The van der Waals surface area contributed by atoms with E-state index in [9.17, 15) is 0 Å². The molecule has 1 nitrogen and oxygen atoms in total. The second kappa shape index (κ2) is 11.5. The van der Waals surface area contributed by atoms with Crippen molar-refractivity contribution in [2.24, 2.45) is 0 Å². The van der Waals surface area contributed by atoms with Crippen LogP contribution in [0.3, 0.4) is 0 Å². The molecule has 0 atom stereocenters. The topological polar surface area (TPSA) is 3.24 Å². The summed E-state index contributed by atoms with van der Waals surface area (Å²) < 4.78 is 0. The number of rotatable bonds is 5. The third kappa shape index (κ3) is 4.21. The van der Waals surface area contributed by atoms with Crippen LogP contribution in [0.2, 0.25) is 0 Å². The molecule has 0 saturated carbocycles. The molecule has 0 unspecified atom stereocenters. The molecule has 0 fully saturated rings. The molecule has 1 heteroatoms. The van der Waals surface area contributed by atoms with Gasteiger partial charge in [-0.15, -0.1) is 0 Å². The van der Waals surface area contributed by atoms with Crippen LogP contribution in [0.1, 0.15) is 58.4 Å². The van der Waals surface area contributed by atoms with Crippen molar-refractivity contribution in [3.63, 3.8) is 0 Å². The lowest BCUT2D eigenvalue weighted by Gasteiger charge is -2.33. The quantitative estimate of drug-likeness (QED) is 0.174. The molecule has 54 heavy (non-hydrogen) atoms. The predicted molar refractivity (Wildman–Crippen MR) is 224 cm³/mol. The SMILES string of the molecule is CC1(C)c2ccccc2-c2ccc(N(c3ccc4c(c3)C3(c5ccccc5-c5ccccc53)c3ccccc3-4)c3ccccc3Cc3ccccc3)cc21. The molecule has 0 radical (unpaired) electrons. The van der Waals surface area contributed by atoms with Gasteiger partial charge in [0.15, 0.2) is 0 Å². The first kappa shape index (κ1) is 31.1. The van der Waals surface area contributed by atoms with Crippen molar-refractivity contribution >= 4 is 17.1 Å². The van der Waals surface area contributed by atoms with Crippen LogP contribution in [0.5, 0.6) is 0 Å². The zero-order chi connectivity index (χ0) is 36.0. The van der Waals surface area contributed by atoms with E-state index in [0.29, 0.717) is 0 Å². The molecule has 8 aromatic rings. The van der Waals surface area contributed by atoms with Gasteiger partial charge in [-0.25, -0.2) is 0 Å². The van der Waals surface area contributed by atoms with Crippen LogP contribution in [0, 0.1) is 0 Å². The van der Waals surface area contributed by atoms with Gasteiger partial charge in [-0.3, -0.25) is 0 Å². The van der Waals surface area contributed by atoms with E-state index in [1.165, 1.54) is 89.3 Å². The normalized spacial score (nSPS) is 14.5. The summed E-state index contributed by atoms with van der Waals surface area (Å²) in [6.07, 6.45) is 0.844. The second-order valence-electron chi connectivity index (χ2n) is 15.6. The summed E-state index contributed by atoms with van der Waals surface area (Å²) in [6.45, 7) is 4.75. The van der Waals surface area contributed by atoms with Crippen LogP contribution in [0.25, 0.3) is 33.4 Å². The van der Waals surface area contributed by atoms with Crippen molar-refractivity contribution in [1.82, 2.24) is 0 Å². The van der Waals surface area contributed by atoms with Crippen molar-refractivity contribution in [1.29, 1.82) is 0 Å². The lowest BCUT2D eigenvalue weighted by atomic mass is 9.70. The largest absolute Gasteiger partial charge is 0.310 e. The highest BCUT2D eigenvalue weighted by atomic mass is 15.1. The van der Waals surface area contributed by atoms with Crippen molar-refractivity contribution in [3.05, 3.63) is 233 Å². The van der Waals surface area contributed by atoms with Gasteiger partial charge in [-0.2, -0.15) is 0 Å². The highest BCUT2D eigenvalue weighted by Crippen LogP contribution is 2.63. The Morgan fingerprint density at radius 2 is 0.796 bits per heavy atom. The molecule has 1 spiro atoms. The van der Waals surface area contributed by atoms with Crippen molar-refractivity contribution in [2.75, 3.05) is 4.90 Å². The molecule has 0 aromatic heterocycles. The Labute approximate surface area is 317 Å². The summed E-state index contributed by atoms with van der Waals surface area (Å²) in [4.78, 5) is 2.53. The van der Waals surface area contributed by atoms with Gasteiger partial charge < -0.3 is 4.90 Å². The van der Waals surface area contributed by atoms with Crippen LogP contribution in [-0.4, -0.2) is 0 Å². The van der Waals surface area contributed by atoms with Crippen molar-refractivity contribution < 1.29 is 0 Å². The summed E-state index contributed by atoms with van der Waals surface area (Å²) in [7, 11) is 0. The summed E-state index contributed by atoms with van der Waals surface area (Å²) in [6, 6.07) is 70.4. The van der Waals surface area contributed by atoms with Crippen LogP contribution in [0.15, 0.2) is 188 Å². The van der Waals surface area contributed by atoms with E-state index in [-0.39, 0.29) is 5.41 Å². The lowest BCUT2D eigenvalue weighted by Crippen LogP contribution is -2.26. The number of hydrogen-bond acceptors (Lipinski definition) is 1.